The van der Waals surface area contributed by atoms with Gasteiger partial charge in [-0.05, 0) is 37.9 Å². The number of benzene rings is 1. The average Bonchev–Trinajstić information content (AvgIpc) is 3.13. The minimum atomic E-state index is -3.44. The van der Waals surface area contributed by atoms with E-state index in [1.54, 1.807) is 12.1 Å². The second-order valence-corrected chi connectivity index (χ2v) is 8.32. The van der Waals surface area contributed by atoms with E-state index in [9.17, 15) is 8.42 Å². The van der Waals surface area contributed by atoms with Crippen molar-refractivity contribution in [2.75, 3.05) is 17.0 Å². The van der Waals surface area contributed by atoms with Gasteiger partial charge in [-0.1, -0.05) is 39.1 Å². The molecule has 112 valence electrons. The Hall–Kier alpha value is -0.0100. The number of anilines is 1. The van der Waals surface area contributed by atoms with Crippen LogP contribution in [0.25, 0.3) is 0 Å². The largest absolute Gasteiger partial charge is 0.314 e. The fraction of sp³-hybridized carbons (Fsp3) is 0.500. The molecule has 8 heteroatoms. The third-order valence-electron chi connectivity index (χ3n) is 2.86. The lowest BCUT2D eigenvalue weighted by Crippen LogP contribution is -2.23. The lowest BCUT2D eigenvalue weighted by molar-refractivity contribution is 0.593. The first-order chi connectivity index (χ1) is 9.37. The van der Waals surface area contributed by atoms with E-state index in [0.717, 1.165) is 0 Å². The number of nitrogens with one attached hydrogen (secondary N) is 2. The van der Waals surface area contributed by atoms with E-state index in [1.807, 2.05) is 0 Å². The van der Waals surface area contributed by atoms with E-state index in [1.165, 1.54) is 12.8 Å². The molecule has 1 aromatic carbocycles. The molecule has 0 unspecified atom stereocenters. The van der Waals surface area contributed by atoms with Crippen molar-refractivity contribution in [3.8, 4) is 0 Å². The molecule has 1 fully saturated rings. The molecule has 1 aliphatic rings. The molecule has 0 spiro atoms. The van der Waals surface area contributed by atoms with Crippen LogP contribution in [0.2, 0.25) is 10.0 Å². The monoisotopic (exact) mass is 400 g/mol. The Morgan fingerprint density at radius 1 is 1.25 bits per heavy atom. The highest BCUT2D eigenvalue weighted by molar-refractivity contribution is 9.10. The zero-order valence-electron chi connectivity index (χ0n) is 10.6. The van der Waals surface area contributed by atoms with Gasteiger partial charge in [-0.15, -0.1) is 0 Å². The van der Waals surface area contributed by atoms with Crippen molar-refractivity contribution in [1.82, 2.24) is 5.32 Å². The molecule has 0 bridgehead atoms. The van der Waals surface area contributed by atoms with Crippen molar-refractivity contribution < 1.29 is 8.42 Å². The molecule has 0 aliphatic heterocycles. The molecule has 0 saturated heterocycles. The highest BCUT2D eigenvalue weighted by Crippen LogP contribution is 2.34. The fourth-order valence-electron chi connectivity index (χ4n) is 1.70. The molecule has 1 saturated carbocycles. The van der Waals surface area contributed by atoms with Crippen LogP contribution in [-0.2, 0) is 10.0 Å². The van der Waals surface area contributed by atoms with Crippen molar-refractivity contribution in [3.63, 3.8) is 0 Å². The smallest absolute Gasteiger partial charge is 0.232 e. The number of hydrogen-bond acceptors (Lipinski definition) is 3. The van der Waals surface area contributed by atoms with Gasteiger partial charge in [0.25, 0.3) is 0 Å². The second-order valence-electron chi connectivity index (χ2n) is 4.75. The summed E-state index contributed by atoms with van der Waals surface area (Å²) in [6.07, 6.45) is 2.93. The van der Waals surface area contributed by atoms with Crippen LogP contribution in [0.1, 0.15) is 19.3 Å². The molecular weight excluding hydrogens is 387 g/mol. The first kappa shape index (κ1) is 16.4. The van der Waals surface area contributed by atoms with Gasteiger partial charge >= 0.3 is 0 Å². The van der Waals surface area contributed by atoms with Gasteiger partial charge in [-0.25, -0.2) is 8.42 Å². The highest BCUT2D eigenvalue weighted by atomic mass is 79.9. The number of halogens is 3. The zero-order valence-corrected chi connectivity index (χ0v) is 14.5. The molecule has 0 heterocycles. The molecule has 1 aliphatic carbocycles. The summed E-state index contributed by atoms with van der Waals surface area (Å²) >= 11 is 15.2. The lowest BCUT2D eigenvalue weighted by Gasteiger charge is -2.12. The quantitative estimate of drug-likeness (QED) is 0.685. The molecule has 2 N–H and O–H groups in total. The van der Waals surface area contributed by atoms with Crippen molar-refractivity contribution >= 4 is 54.8 Å². The first-order valence-corrected chi connectivity index (χ1v) is 9.46. The summed E-state index contributed by atoms with van der Waals surface area (Å²) in [7, 11) is -3.44. The lowest BCUT2D eigenvalue weighted by atomic mass is 10.3. The predicted molar refractivity (Wildman–Crippen MR) is 87.2 cm³/mol. The molecule has 0 amide bonds. The summed E-state index contributed by atoms with van der Waals surface area (Å²) in [5, 5.41) is 3.81. The van der Waals surface area contributed by atoms with Gasteiger partial charge < -0.3 is 5.32 Å². The first-order valence-electron chi connectivity index (χ1n) is 6.26. The SMILES string of the molecule is O=S(=O)(CCCNC1CC1)Nc1c(Cl)cc(Br)cc1Cl. The number of hydrogen-bond donors (Lipinski definition) is 2. The fourth-order valence-corrected chi connectivity index (χ4v) is 4.27. The van der Waals surface area contributed by atoms with E-state index in [0.29, 0.717) is 23.5 Å². The van der Waals surface area contributed by atoms with Crippen LogP contribution in [0.5, 0.6) is 0 Å². The molecule has 0 aromatic heterocycles. The van der Waals surface area contributed by atoms with Gasteiger partial charge in [0.15, 0.2) is 0 Å². The third kappa shape index (κ3) is 5.07. The van der Waals surface area contributed by atoms with Crippen LogP contribution in [0.4, 0.5) is 5.69 Å². The van der Waals surface area contributed by atoms with E-state index in [2.05, 4.69) is 26.0 Å². The summed E-state index contributed by atoms with van der Waals surface area (Å²) < 4.78 is 27.1. The normalized spacial score (nSPS) is 15.3. The van der Waals surface area contributed by atoms with Gasteiger partial charge in [-0.3, -0.25) is 4.72 Å². The molecule has 4 nitrogen and oxygen atoms in total. The Morgan fingerprint density at radius 3 is 2.40 bits per heavy atom. The van der Waals surface area contributed by atoms with E-state index in [4.69, 9.17) is 23.2 Å². The molecular formula is C12H15BrCl2N2O2S. The van der Waals surface area contributed by atoms with Crippen LogP contribution in [0, 0.1) is 0 Å². The Balaban J connectivity index is 1.93. The minimum Gasteiger partial charge on any atom is -0.314 e. The second kappa shape index (κ2) is 6.83. The van der Waals surface area contributed by atoms with Gasteiger partial charge in [0, 0.05) is 10.5 Å². The predicted octanol–water partition coefficient (Wildman–Crippen LogP) is 3.64. The van der Waals surface area contributed by atoms with Crippen LogP contribution < -0.4 is 10.0 Å². The van der Waals surface area contributed by atoms with Crippen molar-refractivity contribution in [3.05, 3.63) is 26.7 Å². The number of sulfonamides is 1. The van der Waals surface area contributed by atoms with Crippen LogP contribution >= 0.6 is 39.1 Å². The average molecular weight is 402 g/mol. The van der Waals surface area contributed by atoms with Gasteiger partial charge in [0.2, 0.25) is 10.0 Å². The maximum absolute atomic E-state index is 12.0. The van der Waals surface area contributed by atoms with Crippen molar-refractivity contribution in [2.24, 2.45) is 0 Å². The van der Waals surface area contributed by atoms with E-state index < -0.39 is 10.0 Å². The molecule has 0 atom stereocenters. The summed E-state index contributed by atoms with van der Waals surface area (Å²) in [5.74, 6) is 0.0371. The summed E-state index contributed by atoms with van der Waals surface area (Å²) in [6, 6.07) is 3.78. The van der Waals surface area contributed by atoms with Crippen LogP contribution in [-0.4, -0.2) is 26.8 Å². The van der Waals surface area contributed by atoms with Crippen molar-refractivity contribution in [2.45, 2.75) is 25.3 Å². The Labute approximate surface area is 137 Å². The molecule has 2 rings (SSSR count). The zero-order chi connectivity index (χ0) is 14.8. The third-order valence-corrected chi connectivity index (χ3v) is 5.26. The van der Waals surface area contributed by atoms with Gasteiger partial charge in [0.05, 0.1) is 21.5 Å². The van der Waals surface area contributed by atoms with E-state index >= 15 is 0 Å². The standard InChI is InChI=1S/C12H15BrCl2N2O2S/c13-8-6-10(14)12(11(15)7-8)17-20(18,19)5-1-4-16-9-2-3-9/h6-7,9,16-17H,1-5H2. The molecule has 1 aromatic rings. The van der Waals surface area contributed by atoms with E-state index in [-0.39, 0.29) is 21.5 Å². The maximum Gasteiger partial charge on any atom is 0.232 e. The van der Waals surface area contributed by atoms with Crippen LogP contribution in [0.15, 0.2) is 16.6 Å². The van der Waals surface area contributed by atoms with Gasteiger partial charge in [0.1, 0.15) is 0 Å². The summed E-state index contributed by atoms with van der Waals surface area (Å²) in [5.41, 5.74) is 0.228. The Kier molecular flexibility index (Phi) is 5.59. The topological polar surface area (TPSA) is 58.2 Å². The van der Waals surface area contributed by atoms with Gasteiger partial charge in [-0.2, -0.15) is 0 Å². The minimum absolute atomic E-state index is 0.0371. The van der Waals surface area contributed by atoms with Crippen molar-refractivity contribution in [1.29, 1.82) is 0 Å². The van der Waals surface area contributed by atoms with Crippen LogP contribution in [0.3, 0.4) is 0 Å². The number of rotatable bonds is 7. The maximum atomic E-state index is 12.0. The Bertz CT molecular complexity index is 568. The molecule has 20 heavy (non-hydrogen) atoms. The highest BCUT2D eigenvalue weighted by Gasteiger charge is 2.20. The Morgan fingerprint density at radius 2 is 1.85 bits per heavy atom. The molecule has 0 radical (unpaired) electrons. The summed E-state index contributed by atoms with van der Waals surface area (Å²) in [6.45, 7) is 0.702. The summed E-state index contributed by atoms with van der Waals surface area (Å²) in [4.78, 5) is 0.